The largest absolute Gasteiger partial charge is 0.347 e. The summed E-state index contributed by atoms with van der Waals surface area (Å²) in [7, 11) is 0. The third-order valence-corrected chi connectivity index (χ3v) is 1.60. The van der Waals surface area contributed by atoms with Crippen molar-refractivity contribution in [2.75, 3.05) is 12.3 Å². The molecule has 0 aromatic carbocycles. The van der Waals surface area contributed by atoms with Crippen molar-refractivity contribution in [3.63, 3.8) is 0 Å². The standard InChI is InChI=1S/C7H12N2O3S/c1-5(11)8-2-7(12)9-6(3-10)4-13/h3,6,13H,2,4H2,1H3,(H,8,11)(H,9,12)/t6-/m1/s1. The van der Waals surface area contributed by atoms with Crippen LogP contribution in [0.1, 0.15) is 6.92 Å². The van der Waals surface area contributed by atoms with E-state index in [1.165, 1.54) is 6.92 Å². The minimum Gasteiger partial charge on any atom is -0.347 e. The number of amides is 2. The number of hydrogen-bond acceptors (Lipinski definition) is 4. The monoisotopic (exact) mass is 204 g/mol. The normalized spacial score (nSPS) is 11.5. The van der Waals surface area contributed by atoms with Crippen molar-refractivity contribution >= 4 is 30.7 Å². The molecule has 2 N–H and O–H groups in total. The lowest BCUT2D eigenvalue weighted by Gasteiger charge is -2.09. The van der Waals surface area contributed by atoms with Gasteiger partial charge in [-0.05, 0) is 0 Å². The quantitative estimate of drug-likeness (QED) is 0.386. The van der Waals surface area contributed by atoms with Crippen LogP contribution in [-0.4, -0.2) is 36.4 Å². The molecule has 0 heterocycles. The van der Waals surface area contributed by atoms with E-state index in [9.17, 15) is 14.4 Å². The van der Waals surface area contributed by atoms with Gasteiger partial charge in [-0.2, -0.15) is 12.6 Å². The van der Waals surface area contributed by atoms with E-state index in [-0.39, 0.29) is 18.2 Å². The number of hydrogen-bond donors (Lipinski definition) is 3. The lowest BCUT2D eigenvalue weighted by Crippen LogP contribution is -2.43. The second-order valence-corrected chi connectivity index (χ2v) is 2.77. The summed E-state index contributed by atoms with van der Waals surface area (Å²) < 4.78 is 0. The molecule has 0 spiro atoms. The fourth-order valence-electron chi connectivity index (χ4n) is 0.585. The van der Waals surface area contributed by atoms with Gasteiger partial charge >= 0.3 is 0 Å². The van der Waals surface area contributed by atoms with Crippen LogP contribution in [0, 0.1) is 0 Å². The molecule has 0 saturated carbocycles. The van der Waals surface area contributed by atoms with Gasteiger partial charge in [0, 0.05) is 12.7 Å². The fraction of sp³-hybridized carbons (Fsp3) is 0.571. The Morgan fingerprint density at radius 3 is 2.54 bits per heavy atom. The summed E-state index contributed by atoms with van der Waals surface area (Å²) in [6.45, 7) is 1.19. The van der Waals surface area contributed by atoms with Gasteiger partial charge in [0.15, 0.2) is 0 Å². The maximum atomic E-state index is 11.0. The number of thiol groups is 1. The van der Waals surface area contributed by atoms with Crippen molar-refractivity contribution in [2.24, 2.45) is 0 Å². The summed E-state index contributed by atoms with van der Waals surface area (Å²) in [4.78, 5) is 31.6. The maximum absolute atomic E-state index is 11.0. The van der Waals surface area contributed by atoms with Gasteiger partial charge in [-0.3, -0.25) is 9.59 Å². The third kappa shape index (κ3) is 6.15. The van der Waals surface area contributed by atoms with E-state index in [0.29, 0.717) is 6.29 Å². The first-order chi connectivity index (χ1) is 6.10. The van der Waals surface area contributed by atoms with Crippen LogP contribution in [0.4, 0.5) is 0 Å². The van der Waals surface area contributed by atoms with E-state index in [0.717, 1.165) is 0 Å². The number of carbonyl (C=O) groups is 3. The third-order valence-electron chi connectivity index (χ3n) is 1.21. The van der Waals surface area contributed by atoms with Crippen LogP contribution < -0.4 is 10.6 Å². The van der Waals surface area contributed by atoms with Gasteiger partial charge in [-0.1, -0.05) is 0 Å². The number of rotatable bonds is 5. The zero-order valence-corrected chi connectivity index (χ0v) is 8.14. The van der Waals surface area contributed by atoms with Gasteiger partial charge in [-0.15, -0.1) is 0 Å². The summed E-state index contributed by atoms with van der Waals surface area (Å²) in [6, 6.07) is -0.593. The first-order valence-corrected chi connectivity index (χ1v) is 4.33. The van der Waals surface area contributed by atoms with E-state index < -0.39 is 11.9 Å². The lowest BCUT2D eigenvalue weighted by atomic mass is 10.3. The highest BCUT2D eigenvalue weighted by Crippen LogP contribution is 1.82. The molecule has 0 fully saturated rings. The zero-order valence-electron chi connectivity index (χ0n) is 7.24. The Hall–Kier alpha value is -1.04. The Morgan fingerprint density at radius 2 is 2.15 bits per heavy atom. The van der Waals surface area contributed by atoms with Gasteiger partial charge in [0.2, 0.25) is 11.8 Å². The van der Waals surface area contributed by atoms with E-state index in [1.807, 2.05) is 0 Å². The van der Waals surface area contributed by atoms with Gasteiger partial charge < -0.3 is 15.4 Å². The fourth-order valence-corrected chi connectivity index (χ4v) is 0.763. The first-order valence-electron chi connectivity index (χ1n) is 3.70. The second kappa shape index (κ2) is 6.47. The van der Waals surface area contributed by atoms with Crippen LogP contribution >= 0.6 is 12.6 Å². The van der Waals surface area contributed by atoms with Crippen molar-refractivity contribution in [1.29, 1.82) is 0 Å². The van der Waals surface area contributed by atoms with E-state index in [1.54, 1.807) is 0 Å². The van der Waals surface area contributed by atoms with Crippen LogP contribution in [0.25, 0.3) is 0 Å². The Bertz CT molecular complexity index is 208. The van der Waals surface area contributed by atoms with Crippen molar-refractivity contribution in [1.82, 2.24) is 10.6 Å². The van der Waals surface area contributed by atoms with Crippen LogP contribution in [0.5, 0.6) is 0 Å². The molecule has 0 aliphatic rings. The molecule has 0 radical (unpaired) electrons. The molecule has 0 aliphatic carbocycles. The predicted octanol–water partition coefficient (Wildman–Crippen LogP) is -1.26. The predicted molar refractivity (Wildman–Crippen MR) is 50.5 cm³/mol. The minimum atomic E-state index is -0.593. The van der Waals surface area contributed by atoms with Gasteiger partial charge in [-0.25, -0.2) is 0 Å². The van der Waals surface area contributed by atoms with E-state index in [4.69, 9.17) is 0 Å². The molecule has 0 saturated heterocycles. The van der Waals surface area contributed by atoms with Crippen LogP contribution in [-0.2, 0) is 14.4 Å². The molecule has 6 heteroatoms. The maximum Gasteiger partial charge on any atom is 0.239 e. The Labute approximate surface area is 81.7 Å². The molecule has 0 rings (SSSR count). The van der Waals surface area contributed by atoms with Gasteiger partial charge in [0.1, 0.15) is 6.29 Å². The summed E-state index contributed by atoms with van der Waals surface area (Å²) in [5, 5.41) is 4.68. The minimum absolute atomic E-state index is 0.118. The zero-order chi connectivity index (χ0) is 10.3. The molecule has 74 valence electrons. The topological polar surface area (TPSA) is 75.3 Å². The molecular weight excluding hydrogens is 192 g/mol. The number of carbonyl (C=O) groups excluding carboxylic acids is 3. The second-order valence-electron chi connectivity index (χ2n) is 2.40. The van der Waals surface area contributed by atoms with Crippen molar-refractivity contribution in [2.45, 2.75) is 13.0 Å². The van der Waals surface area contributed by atoms with E-state index in [2.05, 4.69) is 23.3 Å². The average molecular weight is 204 g/mol. The molecule has 0 aromatic heterocycles. The Morgan fingerprint density at radius 1 is 1.54 bits per heavy atom. The smallest absolute Gasteiger partial charge is 0.239 e. The van der Waals surface area contributed by atoms with Crippen LogP contribution in [0.3, 0.4) is 0 Å². The lowest BCUT2D eigenvalue weighted by molar-refractivity contribution is -0.126. The molecule has 0 aliphatic heterocycles. The van der Waals surface area contributed by atoms with Crippen LogP contribution in [0.15, 0.2) is 0 Å². The molecule has 1 atom stereocenters. The van der Waals surface area contributed by atoms with Crippen molar-refractivity contribution in [3.05, 3.63) is 0 Å². The number of nitrogens with one attached hydrogen (secondary N) is 2. The first kappa shape index (κ1) is 12.0. The summed E-state index contributed by atoms with van der Waals surface area (Å²) in [5.41, 5.74) is 0. The summed E-state index contributed by atoms with van der Waals surface area (Å²) >= 11 is 3.85. The van der Waals surface area contributed by atoms with Crippen molar-refractivity contribution < 1.29 is 14.4 Å². The van der Waals surface area contributed by atoms with Gasteiger partial charge in [0.05, 0.1) is 12.6 Å². The molecule has 13 heavy (non-hydrogen) atoms. The Balaban J connectivity index is 3.72. The number of aldehydes is 1. The molecule has 0 aromatic rings. The average Bonchev–Trinajstić information content (AvgIpc) is 2.10. The molecule has 2 amide bonds. The molecule has 5 nitrogen and oxygen atoms in total. The Kier molecular flexibility index (Phi) is 5.96. The SMILES string of the molecule is CC(=O)NCC(=O)N[C@H](C=O)CS. The summed E-state index contributed by atoms with van der Waals surface area (Å²) in [6.07, 6.45) is 0.596. The highest BCUT2D eigenvalue weighted by Gasteiger charge is 2.08. The van der Waals surface area contributed by atoms with Gasteiger partial charge in [0.25, 0.3) is 0 Å². The molecule has 0 unspecified atom stereocenters. The summed E-state index contributed by atoms with van der Waals surface area (Å²) in [5.74, 6) is -0.444. The van der Waals surface area contributed by atoms with Crippen LogP contribution in [0.2, 0.25) is 0 Å². The highest BCUT2D eigenvalue weighted by atomic mass is 32.1. The van der Waals surface area contributed by atoms with E-state index >= 15 is 0 Å². The molecule has 0 bridgehead atoms. The van der Waals surface area contributed by atoms with Crippen molar-refractivity contribution in [3.8, 4) is 0 Å². The highest BCUT2D eigenvalue weighted by molar-refractivity contribution is 7.80. The molecular formula is C7H12N2O3S.